The second-order valence-corrected chi connectivity index (χ2v) is 7.66. The first kappa shape index (κ1) is 20.7. The Hall–Kier alpha value is -3.52. The largest absolute Gasteiger partial charge is 0.481 e. The molecule has 1 aliphatic rings. The molecule has 158 valence electrons. The average Bonchev–Trinajstić information content (AvgIpc) is 3.02. The highest BCUT2D eigenvalue weighted by atomic mass is 35.5. The molecule has 1 aromatic carbocycles. The van der Waals surface area contributed by atoms with E-state index >= 15 is 0 Å². The number of aromatic nitrogens is 2. The molecule has 9 heteroatoms. The monoisotopic (exact) mass is 438 g/mol. The van der Waals surface area contributed by atoms with Gasteiger partial charge < -0.3 is 10.4 Å². The van der Waals surface area contributed by atoms with Crippen molar-refractivity contribution < 1.29 is 19.5 Å². The van der Waals surface area contributed by atoms with Crippen molar-refractivity contribution in [2.45, 2.75) is 19.4 Å². The fraction of sp³-hybridized carbons (Fsp3) is 0.227. The topological polar surface area (TPSA) is 112 Å². The van der Waals surface area contributed by atoms with Gasteiger partial charge in [-0.2, -0.15) is 0 Å². The van der Waals surface area contributed by atoms with Gasteiger partial charge in [0.2, 0.25) is 5.91 Å². The number of halogens is 1. The van der Waals surface area contributed by atoms with Gasteiger partial charge in [0.25, 0.3) is 5.91 Å². The third-order valence-electron chi connectivity index (χ3n) is 5.28. The van der Waals surface area contributed by atoms with E-state index in [0.717, 1.165) is 5.39 Å². The Morgan fingerprint density at radius 1 is 1.16 bits per heavy atom. The van der Waals surface area contributed by atoms with Crippen molar-refractivity contribution in [2.75, 3.05) is 11.4 Å². The second-order valence-electron chi connectivity index (χ2n) is 7.27. The van der Waals surface area contributed by atoms with Crippen molar-refractivity contribution in [3.05, 3.63) is 64.8 Å². The summed E-state index contributed by atoms with van der Waals surface area (Å²) in [6.45, 7) is 1.54. The van der Waals surface area contributed by atoms with Crippen molar-refractivity contribution in [1.82, 2.24) is 15.3 Å². The lowest BCUT2D eigenvalue weighted by Gasteiger charge is -2.29. The zero-order chi connectivity index (χ0) is 22.1. The van der Waals surface area contributed by atoms with Crippen molar-refractivity contribution in [1.29, 1.82) is 0 Å². The van der Waals surface area contributed by atoms with Crippen LogP contribution in [0, 0.1) is 5.92 Å². The van der Waals surface area contributed by atoms with E-state index in [9.17, 15) is 19.5 Å². The van der Waals surface area contributed by atoms with Gasteiger partial charge in [-0.3, -0.25) is 19.3 Å². The quantitative estimate of drug-likeness (QED) is 0.571. The number of benzene rings is 1. The highest BCUT2D eigenvalue weighted by molar-refractivity contribution is 6.29. The second kappa shape index (κ2) is 8.31. The number of aliphatic carboxylic acids is 1. The molecule has 2 N–H and O–H groups in total. The van der Waals surface area contributed by atoms with E-state index in [0.29, 0.717) is 22.6 Å². The number of carboxylic acid groups (broad SMARTS) is 1. The first-order valence-corrected chi connectivity index (χ1v) is 10.1. The van der Waals surface area contributed by atoms with E-state index in [4.69, 9.17) is 11.6 Å². The molecule has 0 aliphatic carbocycles. The normalized spacial score (nSPS) is 16.3. The maximum atomic E-state index is 13.3. The Morgan fingerprint density at radius 3 is 2.65 bits per heavy atom. The summed E-state index contributed by atoms with van der Waals surface area (Å²) in [4.78, 5) is 46.9. The van der Waals surface area contributed by atoms with Gasteiger partial charge in [0.1, 0.15) is 11.0 Å². The van der Waals surface area contributed by atoms with Crippen LogP contribution in [-0.2, 0) is 9.59 Å². The van der Waals surface area contributed by atoms with Crippen LogP contribution in [0.5, 0.6) is 0 Å². The van der Waals surface area contributed by atoms with Gasteiger partial charge in [-0.25, -0.2) is 9.97 Å². The number of hydrogen-bond acceptors (Lipinski definition) is 5. The Kier molecular flexibility index (Phi) is 5.56. The summed E-state index contributed by atoms with van der Waals surface area (Å²) in [5.41, 5.74) is 1.40. The van der Waals surface area contributed by atoms with Crippen LogP contribution >= 0.6 is 11.6 Å². The minimum atomic E-state index is -1.06. The summed E-state index contributed by atoms with van der Waals surface area (Å²) >= 11 is 5.99. The minimum absolute atomic E-state index is 0.148. The minimum Gasteiger partial charge on any atom is -0.481 e. The van der Waals surface area contributed by atoms with Gasteiger partial charge in [-0.05, 0) is 42.3 Å². The van der Waals surface area contributed by atoms with Crippen molar-refractivity contribution in [2.24, 2.45) is 5.92 Å². The zero-order valence-electron chi connectivity index (χ0n) is 16.6. The zero-order valence-corrected chi connectivity index (χ0v) is 17.3. The van der Waals surface area contributed by atoms with Crippen LogP contribution in [0.4, 0.5) is 5.82 Å². The van der Waals surface area contributed by atoms with E-state index in [1.165, 1.54) is 11.8 Å². The van der Waals surface area contributed by atoms with E-state index in [1.54, 1.807) is 48.5 Å². The molecule has 0 spiro atoms. The molecule has 3 heterocycles. The van der Waals surface area contributed by atoms with Gasteiger partial charge in [-0.15, -0.1) is 0 Å². The van der Waals surface area contributed by atoms with Crippen LogP contribution in [-0.4, -0.2) is 39.4 Å². The lowest BCUT2D eigenvalue weighted by Crippen LogP contribution is -2.38. The Labute approximate surface area is 182 Å². The predicted octanol–water partition coefficient (Wildman–Crippen LogP) is 3.21. The average molecular weight is 439 g/mol. The van der Waals surface area contributed by atoms with E-state index in [1.807, 2.05) is 0 Å². The van der Waals surface area contributed by atoms with Crippen LogP contribution in [0.2, 0.25) is 5.15 Å². The first-order valence-electron chi connectivity index (χ1n) is 9.70. The number of hydrogen-bond donors (Lipinski definition) is 2. The number of fused-ring (bicyclic) bond motifs is 2. The number of carbonyl (C=O) groups is 3. The number of nitrogens with zero attached hydrogens (tertiary/aromatic N) is 3. The van der Waals surface area contributed by atoms with Gasteiger partial charge >= 0.3 is 5.97 Å². The van der Waals surface area contributed by atoms with Crippen LogP contribution in [0.15, 0.2) is 48.5 Å². The summed E-state index contributed by atoms with van der Waals surface area (Å²) < 4.78 is 0. The Bertz CT molecular complexity index is 1200. The molecule has 0 bridgehead atoms. The van der Waals surface area contributed by atoms with E-state index in [-0.39, 0.29) is 29.9 Å². The maximum absolute atomic E-state index is 13.3. The molecule has 0 saturated heterocycles. The molecule has 2 unspecified atom stereocenters. The number of amides is 2. The molecule has 3 aromatic rings. The molecule has 0 fully saturated rings. The number of nitrogens with one attached hydrogen (secondary N) is 1. The smallest absolute Gasteiger partial charge is 0.309 e. The summed E-state index contributed by atoms with van der Waals surface area (Å²) in [6, 6.07) is 13.0. The van der Waals surface area contributed by atoms with Crippen molar-refractivity contribution >= 4 is 46.2 Å². The third kappa shape index (κ3) is 3.94. The van der Waals surface area contributed by atoms with Gasteiger partial charge in [-0.1, -0.05) is 29.8 Å². The number of carboxylic acids is 1. The molecule has 0 saturated carbocycles. The fourth-order valence-electron chi connectivity index (χ4n) is 3.91. The lowest BCUT2D eigenvalue weighted by atomic mass is 9.90. The van der Waals surface area contributed by atoms with Crippen LogP contribution in [0.25, 0.3) is 11.0 Å². The third-order valence-corrected chi connectivity index (χ3v) is 5.50. The molecule has 31 heavy (non-hydrogen) atoms. The summed E-state index contributed by atoms with van der Waals surface area (Å²) in [6.07, 6.45) is 0.148. The number of pyridine rings is 2. The van der Waals surface area contributed by atoms with Crippen molar-refractivity contribution in [3.8, 4) is 0 Å². The molecule has 8 nitrogen and oxygen atoms in total. The van der Waals surface area contributed by atoms with Crippen LogP contribution in [0.3, 0.4) is 0 Å². The summed E-state index contributed by atoms with van der Waals surface area (Å²) in [5.74, 6) is -2.31. The first-order chi connectivity index (χ1) is 14.9. The summed E-state index contributed by atoms with van der Waals surface area (Å²) in [7, 11) is 0. The number of anilines is 1. The number of rotatable bonds is 6. The SMILES string of the molecule is CC(=O)NCCC(C(=O)O)C1c2ccccc2C(=O)N1c1ccc2ccc(Cl)nc2n1. The van der Waals surface area contributed by atoms with Crippen LogP contribution < -0.4 is 10.2 Å². The van der Waals surface area contributed by atoms with Crippen LogP contribution in [0.1, 0.15) is 35.3 Å². The molecule has 1 aliphatic heterocycles. The Balaban J connectivity index is 1.80. The molecular formula is C22H19ClN4O4. The molecular weight excluding hydrogens is 420 g/mol. The summed E-state index contributed by atoms with van der Waals surface area (Å²) in [5, 5.41) is 13.6. The van der Waals surface area contributed by atoms with Gasteiger partial charge in [0.05, 0.1) is 12.0 Å². The molecule has 2 aromatic heterocycles. The standard InChI is InChI=1S/C22H19ClN4O4/c1-12(28)24-11-10-16(22(30)31)19-14-4-2-3-5-15(14)21(29)27(19)18-9-7-13-6-8-17(23)25-20(13)26-18/h2-9,16,19H,10-11H2,1H3,(H,24,28)(H,30,31). The fourth-order valence-corrected chi connectivity index (χ4v) is 4.05. The van der Waals surface area contributed by atoms with E-state index in [2.05, 4.69) is 15.3 Å². The van der Waals surface area contributed by atoms with Crippen molar-refractivity contribution in [3.63, 3.8) is 0 Å². The Morgan fingerprint density at radius 2 is 1.90 bits per heavy atom. The van der Waals surface area contributed by atoms with Gasteiger partial charge in [0.15, 0.2) is 5.65 Å². The molecule has 4 rings (SSSR count). The maximum Gasteiger partial charge on any atom is 0.309 e. The lowest BCUT2D eigenvalue weighted by molar-refractivity contribution is -0.142. The molecule has 0 radical (unpaired) electrons. The highest BCUT2D eigenvalue weighted by Crippen LogP contribution is 2.42. The molecule has 2 atom stereocenters. The predicted molar refractivity (Wildman–Crippen MR) is 115 cm³/mol. The van der Waals surface area contributed by atoms with Gasteiger partial charge in [0, 0.05) is 24.4 Å². The number of carbonyl (C=O) groups excluding carboxylic acids is 2. The van der Waals surface area contributed by atoms with E-state index < -0.39 is 17.9 Å². The highest BCUT2D eigenvalue weighted by Gasteiger charge is 2.45. The molecule has 2 amide bonds.